The third kappa shape index (κ3) is 4.74. The van der Waals surface area contributed by atoms with Crippen LogP contribution in [0.25, 0.3) is 44.1 Å². The van der Waals surface area contributed by atoms with Gasteiger partial charge in [-0.15, -0.1) is 0 Å². The van der Waals surface area contributed by atoms with Crippen molar-refractivity contribution in [2.24, 2.45) is 0 Å². The summed E-state index contributed by atoms with van der Waals surface area (Å²) in [5, 5.41) is 2.24. The predicted octanol–water partition coefficient (Wildman–Crippen LogP) is 8.83. The Bertz CT molecular complexity index is 1670. The van der Waals surface area contributed by atoms with Crippen LogP contribution in [0.15, 0.2) is 97.3 Å². The van der Waals surface area contributed by atoms with Crippen LogP contribution in [0.5, 0.6) is 23.0 Å². The largest absolute Gasteiger partial charge is 0.497 e. The number of benzene rings is 4. The number of aromatic nitrogens is 2. The average molecular weight is 571 g/mol. The monoisotopic (exact) mass is 570 g/mol. The minimum absolute atomic E-state index is 0.743. The van der Waals surface area contributed by atoms with Crippen LogP contribution in [0.3, 0.4) is 0 Å². The van der Waals surface area contributed by atoms with E-state index in [1.807, 2.05) is 36.4 Å². The summed E-state index contributed by atoms with van der Waals surface area (Å²) in [5.74, 6) is 2.97. The number of hydrogen-bond donors (Lipinski definition) is 0. The van der Waals surface area contributed by atoms with E-state index in [-0.39, 0.29) is 0 Å². The molecular weight excluding hydrogens is 543 g/mol. The predicted molar refractivity (Wildman–Crippen MR) is 165 cm³/mol. The fourth-order valence-corrected chi connectivity index (χ4v) is 6.98. The fourth-order valence-electron chi connectivity index (χ4n) is 4.93. The van der Waals surface area contributed by atoms with E-state index in [2.05, 4.69) is 69.6 Å². The van der Waals surface area contributed by atoms with E-state index in [1.54, 1.807) is 28.4 Å². The molecule has 202 valence electrons. The summed E-state index contributed by atoms with van der Waals surface area (Å²) in [6, 6.07) is 28.8. The molecule has 4 aromatic carbocycles. The summed E-state index contributed by atoms with van der Waals surface area (Å²) in [5.41, 5.74) is 6.23. The fraction of sp³-hybridized carbons (Fsp3) is 0.125. The van der Waals surface area contributed by atoms with E-state index in [0.717, 1.165) is 67.1 Å². The Kier molecular flexibility index (Phi) is 7.05. The maximum atomic E-state index is 7.27. The van der Waals surface area contributed by atoms with E-state index in [1.165, 1.54) is 0 Å². The molecule has 0 atom stereocenters. The highest BCUT2D eigenvalue weighted by Gasteiger charge is 2.17. The standard InChI is InChI=1S/C32H28ClN2O4P/c1-36-27-13-25(14-28(19-27)37-2)23-7-5-21-9-11-34(31(21)17-23)40(33)35-12-10-22-6-8-24(18-32(22)35)26-15-29(38-3)20-30(16-26)39-4/h5-20H,1-4H3. The van der Waals surface area contributed by atoms with Crippen LogP contribution in [-0.2, 0) is 0 Å². The molecule has 0 fully saturated rings. The molecule has 6 rings (SSSR count). The number of nitrogens with zero attached hydrogens (tertiary/aromatic N) is 2. The van der Waals surface area contributed by atoms with Crippen LogP contribution < -0.4 is 18.9 Å². The molecule has 0 spiro atoms. The van der Waals surface area contributed by atoms with Gasteiger partial charge in [-0.05, 0) is 92.8 Å². The van der Waals surface area contributed by atoms with E-state index >= 15 is 0 Å². The first kappa shape index (κ1) is 26.1. The molecular formula is C32H28ClN2O4P. The molecule has 0 aliphatic heterocycles. The Morgan fingerprint density at radius 2 is 0.850 bits per heavy atom. The third-order valence-electron chi connectivity index (χ3n) is 7.07. The average Bonchev–Trinajstić information content (AvgIpc) is 3.63. The van der Waals surface area contributed by atoms with Crippen LogP contribution in [0.4, 0.5) is 0 Å². The lowest BCUT2D eigenvalue weighted by molar-refractivity contribution is 0.394. The minimum atomic E-state index is -1.29. The van der Waals surface area contributed by atoms with Crippen molar-refractivity contribution in [2.75, 3.05) is 28.4 Å². The molecule has 0 bridgehead atoms. The molecule has 0 unspecified atom stereocenters. The van der Waals surface area contributed by atoms with Gasteiger partial charge in [-0.1, -0.05) is 24.3 Å². The molecule has 0 aliphatic rings. The number of rotatable bonds is 8. The summed E-state index contributed by atoms with van der Waals surface area (Å²) in [4.78, 5) is 0. The first-order valence-electron chi connectivity index (χ1n) is 12.7. The van der Waals surface area contributed by atoms with Crippen LogP contribution in [-0.4, -0.2) is 37.1 Å². The van der Waals surface area contributed by atoms with Crippen LogP contribution in [0.2, 0.25) is 0 Å². The van der Waals surface area contributed by atoms with Gasteiger partial charge in [0.1, 0.15) is 23.0 Å². The molecule has 0 saturated carbocycles. The van der Waals surface area contributed by atoms with E-state index < -0.39 is 7.58 Å². The molecule has 0 saturated heterocycles. The van der Waals surface area contributed by atoms with Gasteiger partial charge in [-0.3, -0.25) is 8.68 Å². The minimum Gasteiger partial charge on any atom is -0.497 e. The molecule has 0 aliphatic carbocycles. The molecule has 0 amide bonds. The number of hydrogen-bond acceptors (Lipinski definition) is 4. The molecule has 0 radical (unpaired) electrons. The number of ether oxygens (including phenoxy) is 4. The zero-order chi connectivity index (χ0) is 27.8. The second kappa shape index (κ2) is 10.8. The zero-order valence-electron chi connectivity index (χ0n) is 22.6. The van der Waals surface area contributed by atoms with Crippen molar-refractivity contribution >= 4 is 40.6 Å². The Hall–Kier alpha value is -4.12. The Balaban J connectivity index is 1.42. The van der Waals surface area contributed by atoms with Gasteiger partial charge >= 0.3 is 0 Å². The van der Waals surface area contributed by atoms with Crippen molar-refractivity contribution in [1.82, 2.24) is 8.68 Å². The van der Waals surface area contributed by atoms with Gasteiger partial charge in [-0.2, -0.15) is 0 Å². The van der Waals surface area contributed by atoms with Gasteiger partial charge in [0.15, 0.2) is 0 Å². The highest BCUT2D eigenvalue weighted by Crippen LogP contribution is 2.50. The quantitative estimate of drug-likeness (QED) is 0.172. The van der Waals surface area contributed by atoms with Crippen LogP contribution >= 0.6 is 18.8 Å². The molecule has 40 heavy (non-hydrogen) atoms. The number of methoxy groups -OCH3 is 4. The zero-order valence-corrected chi connectivity index (χ0v) is 24.2. The normalized spacial score (nSPS) is 11.3. The third-order valence-corrected chi connectivity index (χ3v) is 9.46. The van der Waals surface area contributed by atoms with Crippen molar-refractivity contribution < 1.29 is 18.9 Å². The van der Waals surface area contributed by atoms with Crippen molar-refractivity contribution in [1.29, 1.82) is 0 Å². The van der Waals surface area contributed by atoms with E-state index in [4.69, 9.17) is 30.2 Å². The maximum absolute atomic E-state index is 7.27. The highest BCUT2D eigenvalue weighted by atomic mass is 35.7. The molecule has 6 nitrogen and oxygen atoms in total. The number of halogens is 1. The molecule has 2 aromatic heterocycles. The maximum Gasteiger partial charge on any atom is 0.206 e. The highest BCUT2D eigenvalue weighted by molar-refractivity contribution is 7.81. The summed E-state index contributed by atoms with van der Waals surface area (Å²) in [6.07, 6.45) is 4.11. The lowest BCUT2D eigenvalue weighted by Gasteiger charge is -2.17. The first-order valence-corrected chi connectivity index (χ1v) is 14.8. The Morgan fingerprint density at radius 1 is 0.475 bits per heavy atom. The lowest BCUT2D eigenvalue weighted by Crippen LogP contribution is -1.95. The Morgan fingerprint density at radius 3 is 1.20 bits per heavy atom. The van der Waals surface area contributed by atoms with Gasteiger partial charge in [0.25, 0.3) is 0 Å². The lowest BCUT2D eigenvalue weighted by atomic mass is 10.0. The summed E-state index contributed by atoms with van der Waals surface area (Å²) in [7, 11) is 5.34. The van der Waals surface area contributed by atoms with Gasteiger partial charge in [0, 0.05) is 24.5 Å². The first-order chi connectivity index (χ1) is 19.5. The van der Waals surface area contributed by atoms with Crippen molar-refractivity contribution in [3.63, 3.8) is 0 Å². The number of fused-ring (bicyclic) bond motifs is 2. The summed E-state index contributed by atoms with van der Waals surface area (Å²) < 4.78 is 26.3. The van der Waals surface area contributed by atoms with E-state index in [9.17, 15) is 0 Å². The summed E-state index contributed by atoms with van der Waals surface area (Å²) >= 11 is 7.27. The van der Waals surface area contributed by atoms with Gasteiger partial charge < -0.3 is 18.9 Å². The second-order valence-corrected chi connectivity index (χ2v) is 11.6. The SMILES string of the molecule is COc1cc(OC)cc(-c2ccc3ccn(P(Cl)n4ccc5ccc(-c6cc(OC)cc(OC)c6)cc54)c3c2)c1. The van der Waals surface area contributed by atoms with Crippen LogP contribution in [0, 0.1) is 0 Å². The van der Waals surface area contributed by atoms with E-state index in [0.29, 0.717) is 0 Å². The van der Waals surface area contributed by atoms with Gasteiger partial charge in [-0.25, -0.2) is 0 Å². The van der Waals surface area contributed by atoms with Crippen molar-refractivity contribution in [3.05, 3.63) is 97.3 Å². The van der Waals surface area contributed by atoms with Gasteiger partial charge in [0.2, 0.25) is 7.58 Å². The smallest absolute Gasteiger partial charge is 0.206 e. The molecule has 0 N–H and O–H groups in total. The second-order valence-electron chi connectivity index (χ2n) is 9.31. The van der Waals surface area contributed by atoms with Crippen molar-refractivity contribution in [2.45, 2.75) is 0 Å². The Labute approximate surface area is 238 Å². The van der Waals surface area contributed by atoms with Crippen LogP contribution in [0.1, 0.15) is 0 Å². The molecule has 6 aromatic rings. The molecule has 2 heterocycles. The molecule has 8 heteroatoms. The van der Waals surface area contributed by atoms with Gasteiger partial charge in [0.05, 0.1) is 39.5 Å². The van der Waals surface area contributed by atoms with Crippen molar-refractivity contribution in [3.8, 4) is 45.3 Å². The topological polar surface area (TPSA) is 46.8 Å². The summed E-state index contributed by atoms with van der Waals surface area (Å²) in [6.45, 7) is 0.